The summed E-state index contributed by atoms with van der Waals surface area (Å²) in [5.41, 5.74) is 13.7. The lowest BCUT2D eigenvalue weighted by atomic mass is 10.0. The van der Waals surface area contributed by atoms with Crippen LogP contribution >= 0.6 is 11.6 Å². The molecule has 8 heteroatoms. The summed E-state index contributed by atoms with van der Waals surface area (Å²) >= 11 is 6.82. The van der Waals surface area contributed by atoms with E-state index in [2.05, 4.69) is 88.7 Å². The molecule has 2 aromatic heterocycles. The van der Waals surface area contributed by atoms with Gasteiger partial charge >= 0.3 is 0 Å². The number of hydrazine groups is 2. The first-order valence-electron chi connectivity index (χ1n) is 13.0. The molecule has 1 aliphatic heterocycles. The second-order valence-electron chi connectivity index (χ2n) is 9.90. The number of anilines is 2. The third-order valence-corrected chi connectivity index (χ3v) is 7.17. The number of nitrogens with zero attached hydrogens (tertiary/aromatic N) is 3. The van der Waals surface area contributed by atoms with Crippen molar-refractivity contribution in [3.05, 3.63) is 106 Å². The van der Waals surface area contributed by atoms with Crippen molar-refractivity contribution in [1.82, 2.24) is 25.9 Å². The molecule has 0 amide bonds. The first kappa shape index (κ1) is 26.4. The Morgan fingerprint density at radius 2 is 1.82 bits per heavy atom. The molecule has 0 bridgehead atoms. The summed E-state index contributed by atoms with van der Waals surface area (Å²) in [4.78, 5) is 9.13. The van der Waals surface area contributed by atoms with Crippen molar-refractivity contribution >= 4 is 33.9 Å². The molecular weight excluding hydrogens is 506 g/mol. The molecule has 0 radical (unpaired) electrons. The highest BCUT2D eigenvalue weighted by atomic mass is 35.5. The molecule has 4 N–H and O–H groups in total. The van der Waals surface area contributed by atoms with Gasteiger partial charge in [0.1, 0.15) is 0 Å². The molecular formula is C31H32ClN7. The average Bonchev–Trinajstić information content (AvgIpc) is 3.44. The van der Waals surface area contributed by atoms with Crippen molar-refractivity contribution < 1.29 is 0 Å². The Morgan fingerprint density at radius 3 is 2.51 bits per heavy atom. The third kappa shape index (κ3) is 5.49. The highest BCUT2D eigenvalue weighted by Gasteiger charge is 2.25. The minimum absolute atomic E-state index is 0.0195. The molecule has 3 heterocycles. The van der Waals surface area contributed by atoms with Gasteiger partial charge in [-0.05, 0) is 51.5 Å². The van der Waals surface area contributed by atoms with Crippen LogP contribution in [0.4, 0.5) is 11.4 Å². The van der Waals surface area contributed by atoms with E-state index in [0.717, 1.165) is 39.3 Å². The summed E-state index contributed by atoms with van der Waals surface area (Å²) in [5.74, 6) is 2.79. The zero-order valence-electron chi connectivity index (χ0n) is 22.5. The van der Waals surface area contributed by atoms with Crippen LogP contribution in [0.15, 0.2) is 78.9 Å². The molecule has 4 aromatic rings. The Labute approximate surface area is 234 Å². The SMILES string of the molecule is C#Cc1cnc2c(Cl)cc(N[C@H](C3=CN(C(C)C)NN3)c3cccnc3C)cc2c1N[C@H](C)c1ccccc1. The maximum atomic E-state index is 6.82. The number of terminal acetylenes is 1. The molecule has 1 aliphatic rings. The van der Waals surface area contributed by atoms with Crippen molar-refractivity contribution in [2.75, 3.05) is 10.6 Å². The maximum absolute atomic E-state index is 6.82. The van der Waals surface area contributed by atoms with Gasteiger partial charge in [-0.2, -0.15) is 0 Å². The lowest BCUT2D eigenvalue weighted by molar-refractivity contribution is 0.221. The van der Waals surface area contributed by atoms with Gasteiger partial charge in [-0.25, -0.2) is 0 Å². The van der Waals surface area contributed by atoms with E-state index in [1.54, 1.807) is 12.4 Å². The number of halogens is 1. The fourth-order valence-electron chi connectivity index (χ4n) is 4.71. The van der Waals surface area contributed by atoms with Gasteiger partial charge in [0.15, 0.2) is 0 Å². The van der Waals surface area contributed by atoms with Crippen LogP contribution in [0.1, 0.15) is 55.2 Å². The summed E-state index contributed by atoms with van der Waals surface area (Å²) < 4.78 is 0. The van der Waals surface area contributed by atoms with Gasteiger partial charge in [0.25, 0.3) is 0 Å². The van der Waals surface area contributed by atoms with Gasteiger partial charge in [-0.1, -0.05) is 53.9 Å². The van der Waals surface area contributed by atoms with Crippen LogP contribution in [0, 0.1) is 19.3 Å². The third-order valence-electron chi connectivity index (χ3n) is 6.89. The molecule has 7 nitrogen and oxygen atoms in total. The van der Waals surface area contributed by atoms with Crippen molar-refractivity contribution in [2.24, 2.45) is 0 Å². The summed E-state index contributed by atoms with van der Waals surface area (Å²) in [6.45, 7) is 8.36. The van der Waals surface area contributed by atoms with Crippen molar-refractivity contribution in [1.29, 1.82) is 0 Å². The van der Waals surface area contributed by atoms with E-state index < -0.39 is 0 Å². The summed E-state index contributed by atoms with van der Waals surface area (Å²) in [5, 5.41) is 10.7. The molecule has 0 unspecified atom stereocenters. The minimum atomic E-state index is -0.216. The Kier molecular flexibility index (Phi) is 7.60. The molecule has 2 aromatic carbocycles. The largest absolute Gasteiger partial charge is 0.377 e. The van der Waals surface area contributed by atoms with Crippen LogP contribution in [0.3, 0.4) is 0 Å². The van der Waals surface area contributed by atoms with Crippen LogP contribution in [-0.4, -0.2) is 21.0 Å². The van der Waals surface area contributed by atoms with Crippen molar-refractivity contribution in [2.45, 2.75) is 45.8 Å². The molecule has 0 saturated heterocycles. The fraction of sp³-hybridized carbons (Fsp3) is 0.226. The standard InChI is InChI=1S/C31H32ClN7/c1-6-22-17-34-30-26(29(22)35-20(4)23-11-8-7-9-12-23)15-24(16-27(30)32)36-31(25-13-10-14-33-21(25)5)28-18-39(19(2)3)38-37-28/h1,7-20,31,36-38H,2-5H3,(H,34,35)/t20-,31+/m1/s1. The number of hydrogen-bond acceptors (Lipinski definition) is 7. The Balaban J connectivity index is 1.58. The minimum Gasteiger partial charge on any atom is -0.377 e. The van der Waals surface area contributed by atoms with Gasteiger partial charge < -0.3 is 16.1 Å². The Bertz CT molecular complexity index is 1560. The highest BCUT2D eigenvalue weighted by molar-refractivity contribution is 6.35. The molecule has 0 saturated carbocycles. The molecule has 0 aliphatic carbocycles. The van der Waals surface area contributed by atoms with Crippen LogP contribution in [0.2, 0.25) is 5.02 Å². The number of fused-ring (bicyclic) bond motifs is 1. The van der Waals surface area contributed by atoms with Crippen molar-refractivity contribution in [3.8, 4) is 12.3 Å². The number of aryl methyl sites for hydroxylation is 1. The highest BCUT2D eigenvalue weighted by Crippen LogP contribution is 2.37. The zero-order valence-corrected chi connectivity index (χ0v) is 23.2. The topological polar surface area (TPSA) is 77.1 Å². The van der Waals surface area contributed by atoms with E-state index in [-0.39, 0.29) is 18.1 Å². The van der Waals surface area contributed by atoms with E-state index in [1.165, 1.54) is 0 Å². The van der Waals surface area contributed by atoms with E-state index in [0.29, 0.717) is 16.1 Å². The monoisotopic (exact) mass is 537 g/mol. The number of rotatable bonds is 8. The van der Waals surface area contributed by atoms with Crippen LogP contribution < -0.4 is 21.6 Å². The van der Waals surface area contributed by atoms with Gasteiger partial charge in [0.05, 0.1) is 33.5 Å². The quantitative estimate of drug-likeness (QED) is 0.192. The number of hydrogen-bond donors (Lipinski definition) is 4. The number of pyridine rings is 2. The van der Waals surface area contributed by atoms with E-state index in [1.807, 2.05) is 42.3 Å². The first-order chi connectivity index (χ1) is 18.9. The fourth-order valence-corrected chi connectivity index (χ4v) is 4.98. The lowest BCUT2D eigenvalue weighted by Gasteiger charge is -2.24. The predicted octanol–water partition coefficient (Wildman–Crippen LogP) is 6.47. The lowest BCUT2D eigenvalue weighted by Crippen LogP contribution is -2.41. The number of benzene rings is 2. The molecule has 2 atom stereocenters. The van der Waals surface area contributed by atoms with E-state index in [4.69, 9.17) is 18.0 Å². The second kappa shape index (κ2) is 11.2. The van der Waals surface area contributed by atoms with Crippen LogP contribution in [0.25, 0.3) is 10.9 Å². The van der Waals surface area contributed by atoms with Crippen molar-refractivity contribution in [3.63, 3.8) is 0 Å². The number of nitrogens with one attached hydrogen (secondary N) is 4. The smallest absolute Gasteiger partial charge is 0.0961 e. The average molecular weight is 538 g/mol. The molecule has 5 rings (SSSR count). The van der Waals surface area contributed by atoms with Gasteiger partial charge in [0.2, 0.25) is 0 Å². The summed E-state index contributed by atoms with van der Waals surface area (Å²) in [7, 11) is 0. The zero-order chi connectivity index (χ0) is 27.5. The summed E-state index contributed by atoms with van der Waals surface area (Å²) in [6.07, 6.45) is 11.5. The van der Waals surface area contributed by atoms with Gasteiger partial charge in [-0.15, -0.1) is 12.0 Å². The van der Waals surface area contributed by atoms with Crippen LogP contribution in [0.5, 0.6) is 0 Å². The predicted molar refractivity (Wildman–Crippen MR) is 160 cm³/mol. The number of aromatic nitrogens is 2. The van der Waals surface area contributed by atoms with E-state index >= 15 is 0 Å². The molecule has 0 fully saturated rings. The molecule has 0 spiro atoms. The molecule has 198 valence electrons. The van der Waals surface area contributed by atoms with Gasteiger partial charge in [0, 0.05) is 53.0 Å². The summed E-state index contributed by atoms with van der Waals surface area (Å²) in [6, 6.07) is 18.3. The van der Waals surface area contributed by atoms with Crippen LogP contribution in [-0.2, 0) is 0 Å². The van der Waals surface area contributed by atoms with Gasteiger partial charge in [-0.3, -0.25) is 15.0 Å². The Morgan fingerprint density at radius 1 is 1.03 bits per heavy atom. The maximum Gasteiger partial charge on any atom is 0.0961 e. The second-order valence-corrected chi connectivity index (χ2v) is 10.3. The Hall–Kier alpha value is -4.25. The van der Waals surface area contributed by atoms with E-state index in [9.17, 15) is 0 Å². The first-order valence-corrected chi connectivity index (χ1v) is 13.3. The normalized spacial score (nSPS) is 14.5. The molecule has 39 heavy (non-hydrogen) atoms.